The molecule has 1 N–H and O–H groups in total. The molecule has 1 atom stereocenters. The number of para-hydroxylation sites is 2. The largest absolute Gasteiger partial charge is 0.380 e. The second-order valence-electron chi connectivity index (χ2n) is 10.1. The van der Waals surface area contributed by atoms with Crippen LogP contribution in [0, 0.1) is 5.92 Å². The predicted molar refractivity (Wildman–Crippen MR) is 140 cm³/mol. The minimum atomic E-state index is 0.0464. The number of carbonyl (C=O) groups is 1. The summed E-state index contributed by atoms with van der Waals surface area (Å²) in [6, 6.07) is 19.0. The van der Waals surface area contributed by atoms with Crippen LogP contribution < -0.4 is 5.32 Å². The molecule has 2 aliphatic heterocycles. The summed E-state index contributed by atoms with van der Waals surface area (Å²) in [6.45, 7) is 9.12. The normalized spacial score (nSPS) is 21.6. The lowest BCUT2D eigenvalue weighted by Crippen LogP contribution is -2.40. The molecule has 0 amide bonds. The van der Waals surface area contributed by atoms with Crippen LogP contribution in [0.25, 0.3) is 11.0 Å². The Morgan fingerprint density at radius 1 is 1.09 bits per heavy atom. The smallest absolute Gasteiger partial charge is 0.201 e. The number of nitrogens with one attached hydrogen (secondary N) is 1. The van der Waals surface area contributed by atoms with Crippen molar-refractivity contribution in [3.8, 4) is 0 Å². The van der Waals surface area contributed by atoms with E-state index in [2.05, 4.69) is 45.1 Å². The number of imidazole rings is 1. The number of hydrogen-bond donors (Lipinski definition) is 1. The number of ether oxygens (including phenoxy) is 1. The molecule has 35 heavy (non-hydrogen) atoms. The first kappa shape index (κ1) is 24.2. The fourth-order valence-corrected chi connectivity index (χ4v) is 5.90. The molecule has 1 aromatic heterocycles. The molecule has 0 bridgehead atoms. The Bertz CT molecular complexity index is 1110. The van der Waals surface area contributed by atoms with Crippen molar-refractivity contribution >= 4 is 16.8 Å². The van der Waals surface area contributed by atoms with E-state index < -0.39 is 0 Å². The molecule has 3 heterocycles. The van der Waals surface area contributed by atoms with Gasteiger partial charge >= 0.3 is 0 Å². The fourth-order valence-electron chi connectivity index (χ4n) is 5.90. The van der Waals surface area contributed by atoms with Gasteiger partial charge in [-0.25, -0.2) is 4.98 Å². The van der Waals surface area contributed by atoms with Crippen molar-refractivity contribution in [1.29, 1.82) is 0 Å². The van der Waals surface area contributed by atoms with Gasteiger partial charge in [0.05, 0.1) is 17.6 Å². The number of nitrogens with zero attached hydrogens (tertiary/aromatic N) is 3. The lowest BCUT2D eigenvalue weighted by molar-refractivity contribution is 0.0814. The Kier molecular flexibility index (Phi) is 7.61. The van der Waals surface area contributed by atoms with Gasteiger partial charge in [0.15, 0.2) is 5.82 Å². The van der Waals surface area contributed by atoms with Crippen molar-refractivity contribution < 1.29 is 9.53 Å². The zero-order chi connectivity index (χ0) is 24.1. The van der Waals surface area contributed by atoms with Gasteiger partial charge in [-0.1, -0.05) is 42.5 Å². The number of carbonyl (C=O) groups excluding carboxylic acids is 1. The van der Waals surface area contributed by atoms with Crippen LogP contribution >= 0.6 is 0 Å². The summed E-state index contributed by atoms with van der Waals surface area (Å²) < 4.78 is 7.65. The standard InChI is InChI=1S/C29H38N4O2/c1-2-35-21-20-33-26-11-7-6-10-25(26)31-28(33)27(34)23-12-17-32(18-13-23)19-15-29(14-16-30-22-29)24-8-4-3-5-9-24/h3-11,23,30H,2,12-22H2,1H3. The van der Waals surface area contributed by atoms with E-state index in [1.54, 1.807) is 0 Å². The quantitative estimate of drug-likeness (QED) is 0.351. The topological polar surface area (TPSA) is 59.4 Å². The van der Waals surface area contributed by atoms with E-state index in [0.29, 0.717) is 25.6 Å². The van der Waals surface area contributed by atoms with Crippen LogP contribution in [-0.2, 0) is 16.7 Å². The second kappa shape index (κ2) is 11.0. The first-order chi connectivity index (χ1) is 17.2. The number of fused-ring (bicyclic) bond motifs is 1. The lowest BCUT2D eigenvalue weighted by atomic mass is 9.76. The first-order valence-electron chi connectivity index (χ1n) is 13.3. The predicted octanol–water partition coefficient (Wildman–Crippen LogP) is 4.29. The zero-order valence-electron chi connectivity index (χ0n) is 20.9. The van der Waals surface area contributed by atoms with Crippen molar-refractivity contribution in [2.24, 2.45) is 5.92 Å². The van der Waals surface area contributed by atoms with Gasteiger partial charge in [0, 0.05) is 31.0 Å². The van der Waals surface area contributed by atoms with Crippen LogP contribution in [0.4, 0.5) is 0 Å². The molecule has 0 aliphatic carbocycles. The summed E-state index contributed by atoms with van der Waals surface area (Å²) in [5, 5.41) is 3.59. The monoisotopic (exact) mass is 474 g/mol. The van der Waals surface area contributed by atoms with Crippen molar-refractivity contribution in [1.82, 2.24) is 19.8 Å². The number of aromatic nitrogens is 2. The Hall–Kier alpha value is -2.54. The number of benzene rings is 2. The Balaban J connectivity index is 1.22. The summed E-state index contributed by atoms with van der Waals surface area (Å²) in [5.41, 5.74) is 3.60. The third-order valence-corrected chi connectivity index (χ3v) is 8.03. The fraction of sp³-hybridized carbons (Fsp3) is 0.517. The molecular formula is C29H38N4O2. The van der Waals surface area contributed by atoms with Crippen molar-refractivity contribution in [2.75, 3.05) is 45.9 Å². The summed E-state index contributed by atoms with van der Waals surface area (Å²) in [6.07, 6.45) is 4.17. The molecule has 2 aromatic carbocycles. The minimum absolute atomic E-state index is 0.0464. The summed E-state index contributed by atoms with van der Waals surface area (Å²) >= 11 is 0. The van der Waals surface area contributed by atoms with E-state index >= 15 is 0 Å². The van der Waals surface area contributed by atoms with Crippen LogP contribution in [-0.4, -0.2) is 66.2 Å². The maximum atomic E-state index is 13.6. The second-order valence-corrected chi connectivity index (χ2v) is 10.1. The minimum Gasteiger partial charge on any atom is -0.380 e. The highest BCUT2D eigenvalue weighted by Crippen LogP contribution is 2.35. The van der Waals surface area contributed by atoms with Gasteiger partial charge in [-0.15, -0.1) is 0 Å². The van der Waals surface area contributed by atoms with Gasteiger partial charge in [-0.3, -0.25) is 4.79 Å². The van der Waals surface area contributed by atoms with E-state index in [0.717, 1.165) is 63.0 Å². The van der Waals surface area contributed by atoms with Crippen molar-refractivity contribution in [2.45, 2.75) is 44.6 Å². The molecule has 186 valence electrons. The number of rotatable bonds is 10. The lowest BCUT2D eigenvalue weighted by Gasteiger charge is -2.35. The zero-order valence-corrected chi connectivity index (χ0v) is 20.9. The maximum absolute atomic E-state index is 13.6. The number of hydrogen-bond acceptors (Lipinski definition) is 5. The molecule has 0 saturated carbocycles. The molecule has 1 unspecified atom stereocenters. The molecule has 2 aliphatic rings. The van der Waals surface area contributed by atoms with Gasteiger partial charge in [0.1, 0.15) is 0 Å². The number of ketones is 1. The molecule has 3 aromatic rings. The van der Waals surface area contributed by atoms with E-state index in [4.69, 9.17) is 9.72 Å². The van der Waals surface area contributed by atoms with Gasteiger partial charge < -0.3 is 19.5 Å². The molecule has 2 saturated heterocycles. The van der Waals surface area contributed by atoms with Crippen LogP contribution in [0.3, 0.4) is 0 Å². The first-order valence-corrected chi connectivity index (χ1v) is 13.3. The molecule has 0 radical (unpaired) electrons. The van der Waals surface area contributed by atoms with Gasteiger partial charge in [0.2, 0.25) is 5.78 Å². The third kappa shape index (κ3) is 5.20. The average Bonchev–Trinajstić information content (AvgIpc) is 3.54. The highest BCUT2D eigenvalue weighted by Gasteiger charge is 2.36. The van der Waals surface area contributed by atoms with Crippen LogP contribution in [0.2, 0.25) is 0 Å². The SMILES string of the molecule is CCOCCn1c(C(=O)C2CCN(CCC3(c4ccccc4)CCNC3)CC2)nc2ccccc21. The van der Waals surface area contributed by atoms with Crippen LogP contribution in [0.5, 0.6) is 0 Å². The third-order valence-electron chi connectivity index (χ3n) is 8.03. The van der Waals surface area contributed by atoms with Gasteiger partial charge in [0.25, 0.3) is 0 Å². The highest BCUT2D eigenvalue weighted by molar-refractivity contribution is 5.98. The van der Waals surface area contributed by atoms with Gasteiger partial charge in [-0.2, -0.15) is 0 Å². The Labute approximate surface area is 208 Å². The Morgan fingerprint density at radius 3 is 2.60 bits per heavy atom. The molecular weight excluding hydrogens is 436 g/mol. The molecule has 6 heteroatoms. The van der Waals surface area contributed by atoms with E-state index in [9.17, 15) is 4.79 Å². The molecule has 5 rings (SSSR count). The summed E-state index contributed by atoms with van der Waals surface area (Å²) in [7, 11) is 0. The molecule has 6 nitrogen and oxygen atoms in total. The highest BCUT2D eigenvalue weighted by atomic mass is 16.5. The summed E-state index contributed by atoms with van der Waals surface area (Å²) in [5.74, 6) is 0.840. The maximum Gasteiger partial charge on any atom is 0.201 e. The van der Waals surface area contributed by atoms with Crippen LogP contribution in [0.1, 0.15) is 48.8 Å². The number of likely N-dealkylation sites (tertiary alicyclic amines) is 1. The van der Waals surface area contributed by atoms with Crippen molar-refractivity contribution in [3.05, 3.63) is 66.0 Å². The molecule has 0 spiro atoms. The number of piperidine rings is 1. The van der Waals surface area contributed by atoms with E-state index in [-0.39, 0.29) is 17.1 Å². The summed E-state index contributed by atoms with van der Waals surface area (Å²) in [4.78, 5) is 20.9. The molecule has 2 fully saturated rings. The van der Waals surface area contributed by atoms with E-state index in [1.807, 2.05) is 31.2 Å². The van der Waals surface area contributed by atoms with E-state index in [1.165, 1.54) is 12.0 Å². The number of Topliss-reactive ketones (excluding diaryl/α,β-unsaturated/α-hetero) is 1. The van der Waals surface area contributed by atoms with Crippen molar-refractivity contribution in [3.63, 3.8) is 0 Å². The van der Waals surface area contributed by atoms with Gasteiger partial charge in [-0.05, 0) is 76.5 Å². The Morgan fingerprint density at radius 2 is 1.86 bits per heavy atom. The average molecular weight is 475 g/mol. The van der Waals surface area contributed by atoms with Crippen LogP contribution in [0.15, 0.2) is 54.6 Å².